The van der Waals surface area contributed by atoms with Gasteiger partial charge in [-0.1, -0.05) is 103 Å². The van der Waals surface area contributed by atoms with Crippen molar-refractivity contribution in [1.82, 2.24) is 9.55 Å². The van der Waals surface area contributed by atoms with E-state index in [1.165, 1.54) is 15.9 Å². The molecule has 4 nitrogen and oxygen atoms in total. The van der Waals surface area contributed by atoms with Crippen LogP contribution in [0, 0.1) is 0 Å². The third kappa shape index (κ3) is 3.46. The number of imidazole rings is 1. The first-order valence-corrected chi connectivity index (χ1v) is 14.8. The fourth-order valence-corrected chi connectivity index (χ4v) is 9.01. The van der Waals surface area contributed by atoms with Gasteiger partial charge in [0.25, 0.3) is 0 Å². The molecule has 6 aromatic rings. The Labute approximate surface area is 216 Å². The second-order valence-electron chi connectivity index (χ2n) is 8.92. The minimum Gasteiger partial charge on any atom is -0.290 e. The number of sulfone groups is 1. The van der Waals surface area contributed by atoms with Crippen molar-refractivity contribution in [2.45, 2.75) is 9.79 Å². The summed E-state index contributed by atoms with van der Waals surface area (Å²) in [5.41, 5.74) is 2.89. The van der Waals surface area contributed by atoms with Crippen LogP contribution in [0.2, 0.25) is 0 Å². The number of para-hydroxylation sites is 2. The highest BCUT2D eigenvalue weighted by molar-refractivity contribution is 7.92. The first-order chi connectivity index (χ1) is 18.1. The Morgan fingerprint density at radius 2 is 1.14 bits per heavy atom. The van der Waals surface area contributed by atoms with Crippen molar-refractivity contribution in [2.75, 3.05) is 0 Å². The Morgan fingerprint density at radius 3 is 1.81 bits per heavy atom. The Hall–Kier alpha value is -4.05. The van der Waals surface area contributed by atoms with Crippen LogP contribution in [0.4, 0.5) is 0 Å². The van der Waals surface area contributed by atoms with Crippen LogP contribution in [0.1, 0.15) is 0 Å². The van der Waals surface area contributed by atoms with Gasteiger partial charge in [0.1, 0.15) is 5.82 Å². The summed E-state index contributed by atoms with van der Waals surface area (Å²) in [6, 6.07) is 42.3. The van der Waals surface area contributed by atoms with Gasteiger partial charge in [-0.3, -0.25) is 4.57 Å². The van der Waals surface area contributed by atoms with E-state index in [0.717, 1.165) is 11.4 Å². The van der Waals surface area contributed by atoms with Gasteiger partial charge < -0.3 is 0 Å². The molecule has 1 aliphatic heterocycles. The highest BCUT2D eigenvalue weighted by Gasteiger charge is 2.33. The summed E-state index contributed by atoms with van der Waals surface area (Å²) in [5, 5.41) is 3.83. The molecular weight excluding hydrogens is 495 g/mol. The van der Waals surface area contributed by atoms with E-state index >= 15 is 0 Å². The molecule has 0 spiro atoms. The number of aromatic nitrogens is 2. The van der Waals surface area contributed by atoms with Gasteiger partial charge in [0, 0.05) is 5.56 Å². The number of hydrogen-bond acceptors (Lipinski definition) is 3. The summed E-state index contributed by atoms with van der Waals surface area (Å²) in [6.45, 7) is 0. The second-order valence-corrected chi connectivity index (χ2v) is 13.0. The maximum atomic E-state index is 13.4. The lowest BCUT2D eigenvalue weighted by molar-refractivity contribution is 0.594. The number of hydrogen-bond donors (Lipinski definition) is 0. The molecule has 7 rings (SSSR count). The van der Waals surface area contributed by atoms with Crippen LogP contribution in [0.3, 0.4) is 0 Å². The Morgan fingerprint density at radius 1 is 0.568 bits per heavy atom. The number of fused-ring (bicyclic) bond motifs is 2. The monoisotopic (exact) mass is 516 g/mol. The van der Waals surface area contributed by atoms with Crippen LogP contribution in [-0.4, -0.2) is 18.0 Å². The molecule has 0 radical (unpaired) electrons. The molecule has 0 bridgehead atoms. The molecule has 5 aromatic carbocycles. The van der Waals surface area contributed by atoms with Gasteiger partial charge in [0.15, 0.2) is 0 Å². The fourth-order valence-electron chi connectivity index (χ4n) is 5.09. The molecule has 0 atom stereocenters. The highest BCUT2D eigenvalue weighted by atomic mass is 32.2. The van der Waals surface area contributed by atoms with Crippen LogP contribution in [0.25, 0.3) is 28.1 Å². The van der Waals surface area contributed by atoms with Crippen LogP contribution in [0.15, 0.2) is 137 Å². The molecule has 1 aromatic heterocycles. The van der Waals surface area contributed by atoms with E-state index in [2.05, 4.69) is 72.8 Å². The Bertz CT molecular complexity index is 1840. The van der Waals surface area contributed by atoms with Crippen LogP contribution in [0.5, 0.6) is 0 Å². The molecule has 0 aliphatic carbocycles. The minimum atomic E-state index is -3.61. The average molecular weight is 517 g/mol. The molecule has 0 fully saturated rings. The number of benzene rings is 5. The van der Waals surface area contributed by atoms with Crippen molar-refractivity contribution in [1.29, 1.82) is 0 Å². The molecule has 0 saturated heterocycles. The van der Waals surface area contributed by atoms with E-state index in [9.17, 15) is 8.42 Å². The number of rotatable bonds is 4. The van der Waals surface area contributed by atoms with Gasteiger partial charge in [-0.25, -0.2) is 13.4 Å². The molecule has 6 heteroatoms. The van der Waals surface area contributed by atoms with E-state index < -0.39 is 17.8 Å². The van der Waals surface area contributed by atoms with Crippen molar-refractivity contribution < 1.29 is 8.42 Å². The quantitative estimate of drug-likeness (QED) is 0.286. The van der Waals surface area contributed by atoms with Crippen LogP contribution >= 0.6 is 7.92 Å². The van der Waals surface area contributed by atoms with E-state index in [1.807, 2.05) is 34.9 Å². The zero-order chi connectivity index (χ0) is 25.0. The zero-order valence-electron chi connectivity index (χ0n) is 19.7. The lowest BCUT2D eigenvalue weighted by Crippen LogP contribution is -2.20. The summed E-state index contributed by atoms with van der Waals surface area (Å²) in [5.74, 6) is 0.736. The zero-order valence-corrected chi connectivity index (χ0v) is 21.4. The largest absolute Gasteiger partial charge is 0.290 e. The highest BCUT2D eigenvalue weighted by Crippen LogP contribution is 2.41. The van der Waals surface area contributed by atoms with E-state index in [-0.39, 0.29) is 0 Å². The van der Waals surface area contributed by atoms with Crippen molar-refractivity contribution in [3.8, 4) is 17.1 Å². The lowest BCUT2D eigenvalue weighted by atomic mass is 10.2. The van der Waals surface area contributed by atoms with Crippen molar-refractivity contribution in [3.63, 3.8) is 0 Å². The number of nitrogens with zero attached hydrogens (tertiary/aromatic N) is 2. The first-order valence-electron chi connectivity index (χ1n) is 12.0. The summed E-state index contributed by atoms with van der Waals surface area (Å²) < 4.78 is 28.7. The molecule has 0 N–H and O–H groups in total. The molecule has 2 heterocycles. The van der Waals surface area contributed by atoms with Crippen molar-refractivity contribution >= 4 is 44.7 Å². The molecule has 0 saturated carbocycles. The Balaban J connectivity index is 1.41. The Kier molecular flexibility index (Phi) is 5.10. The van der Waals surface area contributed by atoms with E-state index in [1.54, 1.807) is 24.3 Å². The fraction of sp³-hybridized carbons (Fsp3) is 0. The van der Waals surface area contributed by atoms with Crippen molar-refractivity contribution in [3.05, 3.63) is 127 Å². The molecule has 1 aliphatic rings. The third-order valence-corrected chi connectivity index (χ3v) is 11.0. The van der Waals surface area contributed by atoms with Crippen LogP contribution < -0.4 is 15.9 Å². The predicted molar refractivity (Wildman–Crippen MR) is 151 cm³/mol. The average Bonchev–Trinajstić information content (AvgIpc) is 3.34. The third-order valence-electron chi connectivity index (χ3n) is 6.74. The van der Waals surface area contributed by atoms with Crippen LogP contribution in [-0.2, 0) is 9.84 Å². The molecular formula is C31H21N2O2PS. The van der Waals surface area contributed by atoms with Gasteiger partial charge in [0.2, 0.25) is 9.84 Å². The standard InChI is InChI=1S/C31H21N2O2PS/c34-37(35)28-16-8-7-15-27(28)33-30-26(14-9-17-29(30)37)32-31(33)22-18-20-25(21-19-22)36(23-10-3-1-4-11-23)24-12-5-2-6-13-24/h1-21H. The topological polar surface area (TPSA) is 52.0 Å². The molecule has 37 heavy (non-hydrogen) atoms. The maximum Gasteiger partial charge on any atom is 0.210 e. The van der Waals surface area contributed by atoms with Gasteiger partial charge >= 0.3 is 0 Å². The first kappa shape index (κ1) is 22.2. The summed E-state index contributed by atoms with van der Waals surface area (Å²) in [6.07, 6.45) is 0. The summed E-state index contributed by atoms with van der Waals surface area (Å²) in [4.78, 5) is 5.52. The van der Waals surface area contributed by atoms with Crippen molar-refractivity contribution in [2.24, 2.45) is 0 Å². The van der Waals surface area contributed by atoms with Gasteiger partial charge in [0.05, 0.1) is 26.5 Å². The molecule has 178 valence electrons. The maximum absolute atomic E-state index is 13.4. The molecule has 0 amide bonds. The normalized spacial score (nSPS) is 13.5. The SMILES string of the molecule is O=S1(=O)c2ccccc2-n2c(-c3ccc(P(c4ccccc4)c4ccccc4)cc3)nc3cccc1c32. The van der Waals surface area contributed by atoms with E-state index in [0.29, 0.717) is 26.5 Å². The second kappa shape index (κ2) is 8.52. The van der Waals surface area contributed by atoms with Gasteiger partial charge in [-0.2, -0.15) is 0 Å². The summed E-state index contributed by atoms with van der Waals surface area (Å²) >= 11 is 0. The minimum absolute atomic E-state index is 0.302. The summed E-state index contributed by atoms with van der Waals surface area (Å²) in [7, 11) is -4.33. The lowest BCUT2D eigenvalue weighted by Gasteiger charge is -2.21. The van der Waals surface area contributed by atoms with Gasteiger partial charge in [-0.05, 0) is 48.1 Å². The smallest absolute Gasteiger partial charge is 0.210 e. The van der Waals surface area contributed by atoms with E-state index in [4.69, 9.17) is 4.98 Å². The predicted octanol–water partition coefficient (Wildman–Crippen LogP) is 5.60. The van der Waals surface area contributed by atoms with Gasteiger partial charge in [-0.15, -0.1) is 0 Å². The molecule has 0 unspecified atom stereocenters.